The zero-order valence-corrected chi connectivity index (χ0v) is 15.3. The third-order valence-corrected chi connectivity index (χ3v) is 4.25. The summed E-state index contributed by atoms with van der Waals surface area (Å²) in [5.74, 6) is 1.33. The molecule has 0 aliphatic carbocycles. The number of fused-ring (bicyclic) bond motifs is 1. The van der Waals surface area contributed by atoms with Gasteiger partial charge in [0, 0.05) is 56.5 Å². The number of imidazole rings is 2. The van der Waals surface area contributed by atoms with E-state index in [1.54, 1.807) is 12.4 Å². The van der Waals surface area contributed by atoms with Gasteiger partial charge in [-0.2, -0.15) is 0 Å². The highest BCUT2D eigenvalue weighted by Crippen LogP contribution is 2.31. The van der Waals surface area contributed by atoms with E-state index in [-0.39, 0.29) is 5.91 Å². The number of carbonyl (C=O) groups excluding carboxylic acids is 1. The molecule has 4 aromatic rings. The van der Waals surface area contributed by atoms with E-state index in [0.717, 1.165) is 28.4 Å². The number of nitrogens with zero attached hydrogens (tertiary/aromatic N) is 5. The van der Waals surface area contributed by atoms with E-state index in [0.29, 0.717) is 11.5 Å². The average molecular weight is 361 g/mol. The van der Waals surface area contributed by atoms with Crippen molar-refractivity contribution in [3.05, 3.63) is 48.9 Å². The number of aromatic nitrogens is 5. The third kappa shape index (κ3) is 3.24. The topological polar surface area (TPSA) is 91.7 Å². The molecule has 27 heavy (non-hydrogen) atoms. The lowest BCUT2D eigenvalue weighted by Gasteiger charge is -2.20. The Morgan fingerprint density at radius 3 is 2.78 bits per heavy atom. The van der Waals surface area contributed by atoms with Crippen molar-refractivity contribution in [3.8, 4) is 11.4 Å². The van der Waals surface area contributed by atoms with Crippen molar-refractivity contribution in [2.45, 2.75) is 6.92 Å². The molecule has 3 aromatic heterocycles. The van der Waals surface area contributed by atoms with Crippen molar-refractivity contribution in [1.29, 1.82) is 0 Å². The Labute approximate surface area is 155 Å². The van der Waals surface area contributed by atoms with Crippen molar-refractivity contribution >= 4 is 34.4 Å². The minimum Gasteiger partial charge on any atom is -0.326 e. The van der Waals surface area contributed by atoms with Crippen molar-refractivity contribution < 1.29 is 4.79 Å². The molecule has 8 nitrogen and oxygen atoms in total. The zero-order valence-electron chi connectivity index (χ0n) is 15.3. The molecule has 136 valence electrons. The minimum atomic E-state index is -0.135. The molecule has 0 aliphatic heterocycles. The maximum atomic E-state index is 11.6. The van der Waals surface area contributed by atoms with Crippen molar-refractivity contribution in [2.75, 3.05) is 17.3 Å². The number of aryl methyl sites for hydroxylation is 1. The van der Waals surface area contributed by atoms with Crippen LogP contribution in [0.25, 0.3) is 22.6 Å². The molecule has 2 N–H and O–H groups in total. The van der Waals surface area contributed by atoms with Gasteiger partial charge in [0.05, 0.1) is 0 Å². The largest absolute Gasteiger partial charge is 0.326 e. The first-order chi connectivity index (χ1) is 13.0. The summed E-state index contributed by atoms with van der Waals surface area (Å²) in [7, 11) is 3.86. The molecular formula is C19H19N7O. The smallest absolute Gasteiger partial charge is 0.221 e. The first-order valence-electron chi connectivity index (χ1n) is 8.46. The zero-order chi connectivity index (χ0) is 19.0. The Bertz CT molecular complexity index is 1100. The van der Waals surface area contributed by atoms with Crippen LogP contribution in [0.1, 0.15) is 6.92 Å². The van der Waals surface area contributed by atoms with Crippen molar-refractivity contribution in [3.63, 3.8) is 0 Å². The summed E-state index contributed by atoms with van der Waals surface area (Å²) in [6.07, 6.45) is 5.35. The molecule has 3 heterocycles. The van der Waals surface area contributed by atoms with Crippen LogP contribution in [0, 0.1) is 0 Å². The molecular weight excluding hydrogens is 342 g/mol. The fourth-order valence-electron chi connectivity index (χ4n) is 2.99. The van der Waals surface area contributed by atoms with Crippen LogP contribution in [-0.2, 0) is 11.8 Å². The fraction of sp³-hybridized carbons (Fsp3) is 0.158. The van der Waals surface area contributed by atoms with E-state index in [2.05, 4.69) is 25.3 Å². The van der Waals surface area contributed by atoms with Gasteiger partial charge in [-0.05, 0) is 30.3 Å². The van der Waals surface area contributed by atoms with Crippen LogP contribution in [0.3, 0.4) is 0 Å². The highest BCUT2D eigenvalue weighted by atomic mass is 16.1. The first kappa shape index (κ1) is 16.8. The second kappa shape index (κ2) is 6.56. The van der Waals surface area contributed by atoms with Gasteiger partial charge >= 0.3 is 0 Å². The minimum absolute atomic E-state index is 0.135. The molecule has 4 rings (SSSR count). The number of hydrogen-bond acceptors (Lipinski definition) is 5. The lowest BCUT2D eigenvalue weighted by Crippen LogP contribution is -2.15. The van der Waals surface area contributed by atoms with Gasteiger partial charge in [0.25, 0.3) is 0 Å². The Morgan fingerprint density at radius 1 is 1.22 bits per heavy atom. The lowest BCUT2D eigenvalue weighted by molar-refractivity contribution is -0.114. The molecule has 1 amide bonds. The standard InChI is InChI=1S/C19H19N7O/c1-12(27)22-14-9-13(17-23-16-5-4-6-20-18(16)24-17)10-15(11-14)26(3)19-21-7-8-25(19)2/h4-11H,1-3H3,(H,22,27)(H,20,23,24). The van der Waals surface area contributed by atoms with Crippen LogP contribution >= 0.6 is 0 Å². The van der Waals surface area contributed by atoms with Gasteiger partial charge in [-0.15, -0.1) is 0 Å². The molecule has 0 radical (unpaired) electrons. The monoisotopic (exact) mass is 361 g/mol. The number of H-pyrrole nitrogens is 1. The van der Waals surface area contributed by atoms with Crippen LogP contribution in [-0.4, -0.2) is 37.5 Å². The van der Waals surface area contributed by atoms with E-state index in [4.69, 9.17) is 0 Å². The summed E-state index contributed by atoms with van der Waals surface area (Å²) < 4.78 is 1.93. The number of hydrogen-bond donors (Lipinski definition) is 2. The van der Waals surface area contributed by atoms with Gasteiger partial charge in [-0.1, -0.05) is 0 Å². The number of nitrogens with one attached hydrogen (secondary N) is 2. The fourth-order valence-corrected chi connectivity index (χ4v) is 2.99. The van der Waals surface area contributed by atoms with Crippen molar-refractivity contribution in [1.82, 2.24) is 24.5 Å². The summed E-state index contributed by atoms with van der Waals surface area (Å²) in [4.78, 5) is 30.1. The Morgan fingerprint density at radius 2 is 2.07 bits per heavy atom. The molecule has 8 heteroatoms. The van der Waals surface area contributed by atoms with Gasteiger partial charge in [-0.25, -0.2) is 15.0 Å². The predicted octanol–water partition coefficient (Wildman–Crippen LogP) is 3.08. The Balaban J connectivity index is 1.83. The molecule has 0 aliphatic rings. The maximum Gasteiger partial charge on any atom is 0.221 e. The highest BCUT2D eigenvalue weighted by Gasteiger charge is 2.14. The van der Waals surface area contributed by atoms with E-state index >= 15 is 0 Å². The molecule has 0 unspecified atom stereocenters. The number of benzene rings is 1. The number of carbonyl (C=O) groups is 1. The lowest BCUT2D eigenvalue weighted by atomic mass is 10.1. The molecule has 1 aromatic carbocycles. The molecule has 0 fully saturated rings. The van der Waals surface area contributed by atoms with E-state index in [1.165, 1.54) is 6.92 Å². The summed E-state index contributed by atoms with van der Waals surface area (Å²) in [6, 6.07) is 9.54. The van der Waals surface area contributed by atoms with Crippen LogP contribution < -0.4 is 10.2 Å². The van der Waals surface area contributed by atoms with Crippen LogP contribution in [0.5, 0.6) is 0 Å². The van der Waals surface area contributed by atoms with E-state index < -0.39 is 0 Å². The van der Waals surface area contributed by atoms with Crippen LogP contribution in [0.4, 0.5) is 17.3 Å². The number of rotatable bonds is 4. The maximum absolute atomic E-state index is 11.6. The number of aromatic amines is 1. The second-order valence-electron chi connectivity index (χ2n) is 6.30. The number of pyridine rings is 1. The average Bonchev–Trinajstić information content (AvgIpc) is 3.26. The second-order valence-corrected chi connectivity index (χ2v) is 6.30. The van der Waals surface area contributed by atoms with Gasteiger partial charge in [0.2, 0.25) is 11.9 Å². The SMILES string of the molecule is CC(=O)Nc1cc(-c2nc3cccnc3[nH]2)cc(N(C)c2nccn2C)c1. The first-order valence-corrected chi connectivity index (χ1v) is 8.46. The normalized spacial score (nSPS) is 10.9. The molecule has 0 atom stereocenters. The number of anilines is 3. The highest BCUT2D eigenvalue weighted by molar-refractivity contribution is 5.91. The van der Waals surface area contributed by atoms with Gasteiger partial charge in [-0.3, -0.25) is 4.79 Å². The summed E-state index contributed by atoms with van der Waals surface area (Å²) in [6.45, 7) is 1.49. The quantitative estimate of drug-likeness (QED) is 0.583. The summed E-state index contributed by atoms with van der Waals surface area (Å²) >= 11 is 0. The molecule has 0 saturated carbocycles. The summed E-state index contributed by atoms with van der Waals surface area (Å²) in [5, 5.41) is 2.85. The molecule has 0 bridgehead atoms. The predicted molar refractivity (Wildman–Crippen MR) is 105 cm³/mol. The van der Waals surface area contributed by atoms with Gasteiger partial charge in [0.1, 0.15) is 11.3 Å². The van der Waals surface area contributed by atoms with E-state index in [9.17, 15) is 4.79 Å². The van der Waals surface area contributed by atoms with Crippen LogP contribution in [0.15, 0.2) is 48.9 Å². The van der Waals surface area contributed by atoms with Gasteiger partial charge < -0.3 is 19.8 Å². The van der Waals surface area contributed by atoms with Crippen LogP contribution in [0.2, 0.25) is 0 Å². The molecule has 0 spiro atoms. The Hall–Kier alpha value is -3.68. The van der Waals surface area contributed by atoms with E-state index in [1.807, 2.05) is 60.1 Å². The number of amides is 1. The molecule has 0 saturated heterocycles. The van der Waals surface area contributed by atoms with Crippen molar-refractivity contribution in [2.24, 2.45) is 7.05 Å². The Kier molecular flexibility index (Phi) is 4.08. The van der Waals surface area contributed by atoms with Gasteiger partial charge in [0.15, 0.2) is 5.65 Å². The third-order valence-electron chi connectivity index (χ3n) is 4.25. The summed E-state index contributed by atoms with van der Waals surface area (Å²) in [5.41, 5.74) is 3.91.